The zero-order chi connectivity index (χ0) is 16.4. The van der Waals surface area contributed by atoms with Gasteiger partial charge in [-0.05, 0) is 31.5 Å². The third kappa shape index (κ3) is 2.65. The number of hydrogen-bond acceptors (Lipinski definition) is 6. The summed E-state index contributed by atoms with van der Waals surface area (Å²) < 4.78 is 12.1. The number of rotatable bonds is 4. The van der Waals surface area contributed by atoms with Gasteiger partial charge in [-0.2, -0.15) is 10.1 Å². The Hall–Kier alpha value is -2.83. The second-order valence-corrected chi connectivity index (χ2v) is 5.09. The van der Waals surface area contributed by atoms with Gasteiger partial charge in [-0.25, -0.2) is 9.48 Å². The van der Waals surface area contributed by atoms with Crippen molar-refractivity contribution in [1.29, 1.82) is 0 Å². The molecule has 1 aromatic carbocycles. The molecule has 7 nitrogen and oxygen atoms in total. The number of nitrogens with one attached hydrogen (secondary N) is 1. The van der Waals surface area contributed by atoms with E-state index in [0.29, 0.717) is 23.8 Å². The van der Waals surface area contributed by atoms with Crippen molar-refractivity contribution in [2.75, 3.05) is 19.0 Å². The molecule has 1 aliphatic heterocycles. The number of fused-ring (bicyclic) bond motifs is 1. The van der Waals surface area contributed by atoms with Crippen molar-refractivity contribution in [3.63, 3.8) is 0 Å². The first kappa shape index (κ1) is 15.1. The van der Waals surface area contributed by atoms with E-state index in [2.05, 4.69) is 15.4 Å². The number of benzene rings is 1. The van der Waals surface area contributed by atoms with Gasteiger partial charge in [-0.3, -0.25) is 0 Å². The molecular weight excluding hydrogens is 296 g/mol. The average Bonchev–Trinajstić information content (AvgIpc) is 3.02. The van der Waals surface area contributed by atoms with E-state index < -0.39 is 12.0 Å². The molecule has 0 saturated heterocycles. The van der Waals surface area contributed by atoms with Crippen LogP contribution in [0.1, 0.15) is 25.5 Å². The van der Waals surface area contributed by atoms with Gasteiger partial charge in [-0.15, -0.1) is 0 Å². The van der Waals surface area contributed by atoms with E-state index in [4.69, 9.17) is 9.47 Å². The third-order valence-corrected chi connectivity index (χ3v) is 3.71. The second-order valence-electron chi connectivity index (χ2n) is 5.09. The van der Waals surface area contributed by atoms with Gasteiger partial charge in [0.2, 0.25) is 5.95 Å². The quantitative estimate of drug-likeness (QED) is 0.871. The summed E-state index contributed by atoms with van der Waals surface area (Å²) in [5, 5.41) is 7.32. The van der Waals surface area contributed by atoms with Gasteiger partial charge in [0.1, 0.15) is 18.1 Å². The Kier molecular flexibility index (Phi) is 4.01. The molecule has 2 heterocycles. The molecule has 1 unspecified atom stereocenters. The van der Waals surface area contributed by atoms with E-state index in [1.807, 2.05) is 38.1 Å². The Morgan fingerprint density at radius 2 is 2.09 bits per heavy atom. The van der Waals surface area contributed by atoms with Gasteiger partial charge in [0.25, 0.3) is 0 Å². The number of carbonyl (C=O) groups is 1. The summed E-state index contributed by atoms with van der Waals surface area (Å²) in [6.07, 6.45) is 1.46. The van der Waals surface area contributed by atoms with E-state index in [1.54, 1.807) is 4.68 Å². The van der Waals surface area contributed by atoms with Crippen LogP contribution < -0.4 is 10.1 Å². The predicted octanol–water partition coefficient (Wildman–Crippen LogP) is 2.14. The Labute approximate surface area is 133 Å². The zero-order valence-corrected chi connectivity index (χ0v) is 13.2. The molecule has 3 rings (SSSR count). The Morgan fingerprint density at radius 3 is 2.74 bits per heavy atom. The molecule has 0 aliphatic carbocycles. The number of anilines is 1. The summed E-state index contributed by atoms with van der Waals surface area (Å²) in [6.45, 7) is 4.36. The molecule has 0 bridgehead atoms. The van der Waals surface area contributed by atoms with Crippen molar-refractivity contribution in [1.82, 2.24) is 14.8 Å². The van der Waals surface area contributed by atoms with Crippen LogP contribution >= 0.6 is 0 Å². The van der Waals surface area contributed by atoms with Crippen molar-refractivity contribution >= 4 is 11.9 Å². The molecule has 23 heavy (non-hydrogen) atoms. The lowest BCUT2D eigenvalue weighted by Crippen LogP contribution is -2.29. The van der Waals surface area contributed by atoms with Crippen LogP contribution in [-0.2, 0) is 9.53 Å². The molecule has 1 atom stereocenters. The van der Waals surface area contributed by atoms with Crippen molar-refractivity contribution in [2.45, 2.75) is 19.9 Å². The van der Waals surface area contributed by atoms with Gasteiger partial charge in [0.15, 0.2) is 0 Å². The molecular formula is C16H18N4O3. The summed E-state index contributed by atoms with van der Waals surface area (Å²) >= 11 is 0. The van der Waals surface area contributed by atoms with Gasteiger partial charge in [0, 0.05) is 5.70 Å². The normalized spacial score (nSPS) is 16.6. The first-order chi connectivity index (χ1) is 11.2. The lowest BCUT2D eigenvalue weighted by Gasteiger charge is -2.27. The largest absolute Gasteiger partial charge is 0.494 e. The van der Waals surface area contributed by atoms with Crippen molar-refractivity contribution in [3.8, 4) is 5.75 Å². The smallest absolute Gasteiger partial charge is 0.338 e. The molecule has 0 spiro atoms. The van der Waals surface area contributed by atoms with Gasteiger partial charge in [0.05, 0.1) is 19.3 Å². The van der Waals surface area contributed by atoms with Crippen LogP contribution in [0.4, 0.5) is 5.95 Å². The number of aromatic nitrogens is 3. The van der Waals surface area contributed by atoms with Gasteiger partial charge < -0.3 is 14.8 Å². The number of nitrogens with zero attached hydrogens (tertiary/aromatic N) is 3. The van der Waals surface area contributed by atoms with Crippen LogP contribution in [0.2, 0.25) is 0 Å². The van der Waals surface area contributed by atoms with Gasteiger partial charge >= 0.3 is 5.97 Å². The molecule has 1 aliphatic rings. The van der Waals surface area contributed by atoms with Crippen LogP contribution in [0, 0.1) is 0 Å². The first-order valence-electron chi connectivity index (χ1n) is 7.34. The van der Waals surface area contributed by atoms with Crippen LogP contribution in [-0.4, -0.2) is 34.5 Å². The Morgan fingerprint density at radius 1 is 1.35 bits per heavy atom. The molecule has 120 valence electrons. The summed E-state index contributed by atoms with van der Waals surface area (Å²) in [6, 6.07) is 7.20. The fraction of sp³-hybridized carbons (Fsp3) is 0.312. The maximum absolute atomic E-state index is 12.3. The highest BCUT2D eigenvalue weighted by Gasteiger charge is 2.33. The lowest BCUT2D eigenvalue weighted by atomic mass is 9.96. The summed E-state index contributed by atoms with van der Waals surface area (Å²) in [5.41, 5.74) is 2.12. The number of esters is 1. The third-order valence-electron chi connectivity index (χ3n) is 3.71. The average molecular weight is 314 g/mol. The molecule has 1 N–H and O–H groups in total. The van der Waals surface area contributed by atoms with E-state index in [1.165, 1.54) is 13.4 Å². The van der Waals surface area contributed by atoms with Gasteiger partial charge in [-0.1, -0.05) is 12.1 Å². The van der Waals surface area contributed by atoms with E-state index >= 15 is 0 Å². The van der Waals surface area contributed by atoms with Crippen LogP contribution in [0.3, 0.4) is 0 Å². The van der Waals surface area contributed by atoms with Crippen molar-refractivity contribution in [3.05, 3.63) is 47.4 Å². The molecule has 7 heteroatoms. The number of methoxy groups -OCH3 is 1. The van der Waals surface area contributed by atoms with Crippen molar-refractivity contribution < 1.29 is 14.3 Å². The first-order valence-corrected chi connectivity index (χ1v) is 7.34. The minimum absolute atomic E-state index is 0.392. The highest BCUT2D eigenvalue weighted by Crippen LogP contribution is 2.35. The fourth-order valence-corrected chi connectivity index (χ4v) is 2.69. The number of ether oxygens (including phenoxy) is 2. The van der Waals surface area contributed by atoms with Crippen LogP contribution in [0.5, 0.6) is 5.75 Å². The van der Waals surface area contributed by atoms with Crippen LogP contribution in [0.25, 0.3) is 0 Å². The SMILES string of the molecule is CCOc1ccc(C2C(C(=O)OC)=C(C)Nc3ncnn32)cc1. The molecule has 2 aromatic rings. The highest BCUT2D eigenvalue weighted by molar-refractivity contribution is 5.92. The zero-order valence-electron chi connectivity index (χ0n) is 13.2. The molecule has 0 amide bonds. The van der Waals surface area contributed by atoms with Crippen LogP contribution in [0.15, 0.2) is 41.9 Å². The number of allylic oxidation sites excluding steroid dienone is 1. The standard InChI is InChI=1S/C16H18N4O3/c1-4-23-12-7-5-11(6-8-12)14-13(15(21)22-3)10(2)19-16-17-9-18-20(14)16/h5-9,14H,4H2,1-3H3,(H,17,18,19). The maximum atomic E-state index is 12.3. The number of carbonyl (C=O) groups excluding carboxylic acids is 1. The maximum Gasteiger partial charge on any atom is 0.338 e. The van der Waals surface area contributed by atoms with E-state index in [9.17, 15) is 4.79 Å². The fourth-order valence-electron chi connectivity index (χ4n) is 2.69. The van der Waals surface area contributed by atoms with E-state index in [-0.39, 0.29) is 0 Å². The summed E-state index contributed by atoms with van der Waals surface area (Å²) in [5.74, 6) is 0.980. The summed E-state index contributed by atoms with van der Waals surface area (Å²) in [4.78, 5) is 16.4. The minimum Gasteiger partial charge on any atom is -0.494 e. The number of hydrogen-bond donors (Lipinski definition) is 1. The molecule has 0 saturated carbocycles. The van der Waals surface area contributed by atoms with E-state index in [0.717, 1.165) is 11.3 Å². The molecule has 1 aromatic heterocycles. The second kappa shape index (κ2) is 6.12. The van der Waals surface area contributed by atoms with Crippen molar-refractivity contribution in [2.24, 2.45) is 0 Å². The molecule has 0 radical (unpaired) electrons. The monoisotopic (exact) mass is 314 g/mol. The lowest BCUT2D eigenvalue weighted by molar-refractivity contribution is -0.136. The Balaban J connectivity index is 2.07. The molecule has 0 fully saturated rings. The predicted molar refractivity (Wildman–Crippen MR) is 84.1 cm³/mol. The summed E-state index contributed by atoms with van der Waals surface area (Å²) in [7, 11) is 1.37. The topological polar surface area (TPSA) is 78.3 Å². The Bertz CT molecular complexity index is 749. The highest BCUT2D eigenvalue weighted by atomic mass is 16.5. The minimum atomic E-state index is -0.393.